The van der Waals surface area contributed by atoms with Crippen LogP contribution in [0.1, 0.15) is 32.1 Å². The van der Waals surface area contributed by atoms with Gasteiger partial charge in [-0.2, -0.15) is 0 Å². The number of amides is 1. The molecule has 4 heteroatoms. The fourth-order valence-corrected chi connectivity index (χ4v) is 3.63. The van der Waals surface area contributed by atoms with Crippen molar-refractivity contribution in [2.24, 2.45) is 5.92 Å². The average Bonchev–Trinajstić information content (AvgIpc) is 3.41. The van der Waals surface area contributed by atoms with Crippen molar-refractivity contribution in [1.29, 1.82) is 0 Å². The maximum atomic E-state index is 12.4. The van der Waals surface area contributed by atoms with E-state index in [2.05, 4.69) is 15.2 Å². The summed E-state index contributed by atoms with van der Waals surface area (Å²) in [4.78, 5) is 19.4. The molecule has 1 N–H and O–H groups in total. The molecule has 1 saturated heterocycles. The Balaban J connectivity index is 1.36. The lowest BCUT2D eigenvalue weighted by Crippen LogP contribution is -2.36. The Morgan fingerprint density at radius 3 is 2.70 bits per heavy atom. The fourth-order valence-electron chi connectivity index (χ4n) is 3.63. The molecule has 0 radical (unpaired) electrons. The molecule has 1 aromatic carbocycles. The number of hydrogen-bond donors (Lipinski definition) is 1. The molecule has 120 valence electrons. The van der Waals surface area contributed by atoms with Crippen LogP contribution in [0.4, 0.5) is 5.69 Å². The first-order valence-corrected chi connectivity index (χ1v) is 8.67. The van der Waals surface area contributed by atoms with E-state index in [1.807, 2.05) is 30.3 Å². The van der Waals surface area contributed by atoms with E-state index in [-0.39, 0.29) is 5.91 Å². The third kappa shape index (κ3) is 3.37. The first kappa shape index (κ1) is 14.6. The molecule has 1 aliphatic carbocycles. The van der Waals surface area contributed by atoms with Gasteiger partial charge in [-0.1, -0.05) is 18.2 Å². The Kier molecular flexibility index (Phi) is 4.00. The van der Waals surface area contributed by atoms with Crippen LogP contribution < -0.4 is 5.32 Å². The second kappa shape index (κ2) is 6.28. The molecule has 0 unspecified atom stereocenters. The highest BCUT2D eigenvalue weighted by Crippen LogP contribution is 2.32. The molecule has 2 aromatic rings. The third-order valence-electron chi connectivity index (χ3n) is 5.09. The highest BCUT2D eigenvalue weighted by atomic mass is 16.1. The van der Waals surface area contributed by atoms with Crippen LogP contribution in [0.2, 0.25) is 0 Å². The number of carbonyl (C=O) groups is 1. The number of carbonyl (C=O) groups excluding carboxylic acids is 1. The number of nitrogens with zero attached hydrogens (tertiary/aromatic N) is 2. The minimum absolute atomic E-state index is 0.119. The van der Waals surface area contributed by atoms with Crippen molar-refractivity contribution in [3.05, 3.63) is 36.5 Å². The van der Waals surface area contributed by atoms with Crippen LogP contribution in [0, 0.1) is 5.92 Å². The predicted octanol–water partition coefficient (Wildman–Crippen LogP) is 3.44. The lowest BCUT2D eigenvalue weighted by molar-refractivity contribution is -0.117. The zero-order valence-corrected chi connectivity index (χ0v) is 13.4. The molecule has 2 fully saturated rings. The molecule has 1 saturated carbocycles. The van der Waals surface area contributed by atoms with Gasteiger partial charge in [-0.3, -0.25) is 9.78 Å². The topological polar surface area (TPSA) is 45.2 Å². The summed E-state index contributed by atoms with van der Waals surface area (Å²) in [5.74, 6) is 0.640. The average molecular weight is 309 g/mol. The number of likely N-dealkylation sites (tertiary alicyclic amines) is 1. The third-order valence-corrected chi connectivity index (χ3v) is 5.09. The molecule has 4 rings (SSSR count). The smallest absolute Gasteiger partial charge is 0.224 e. The van der Waals surface area contributed by atoms with Gasteiger partial charge in [0.2, 0.25) is 5.91 Å². The van der Waals surface area contributed by atoms with Crippen molar-refractivity contribution in [3.63, 3.8) is 0 Å². The quantitative estimate of drug-likeness (QED) is 0.941. The molecule has 23 heavy (non-hydrogen) atoms. The number of para-hydroxylation sites is 1. The number of piperidine rings is 1. The normalized spacial score (nSPS) is 19.8. The van der Waals surface area contributed by atoms with Crippen LogP contribution in [-0.2, 0) is 4.79 Å². The lowest BCUT2D eigenvalue weighted by Gasteiger charge is -2.31. The molecule has 1 aliphatic heterocycles. The maximum absolute atomic E-state index is 12.4. The Labute approximate surface area is 136 Å². The van der Waals surface area contributed by atoms with E-state index < -0.39 is 0 Å². The van der Waals surface area contributed by atoms with Gasteiger partial charge in [0.05, 0.1) is 11.2 Å². The monoisotopic (exact) mass is 309 g/mol. The Morgan fingerprint density at radius 1 is 1.13 bits per heavy atom. The number of aromatic nitrogens is 1. The molecule has 1 amide bonds. The predicted molar refractivity (Wildman–Crippen MR) is 92.3 cm³/mol. The number of fused-ring (bicyclic) bond motifs is 1. The summed E-state index contributed by atoms with van der Waals surface area (Å²) in [6.07, 6.45) is 7.45. The lowest BCUT2D eigenvalue weighted by atomic mass is 9.93. The van der Waals surface area contributed by atoms with Crippen LogP contribution >= 0.6 is 0 Å². The van der Waals surface area contributed by atoms with E-state index in [1.165, 1.54) is 25.9 Å². The largest absolute Gasteiger partial charge is 0.324 e. The van der Waals surface area contributed by atoms with Gasteiger partial charge < -0.3 is 10.2 Å². The van der Waals surface area contributed by atoms with E-state index in [4.69, 9.17) is 0 Å². The molecular weight excluding hydrogens is 286 g/mol. The van der Waals surface area contributed by atoms with Crippen LogP contribution in [-0.4, -0.2) is 34.9 Å². The molecule has 0 spiro atoms. The van der Waals surface area contributed by atoms with Crippen LogP contribution in [0.25, 0.3) is 10.9 Å². The van der Waals surface area contributed by atoms with Gasteiger partial charge in [0.25, 0.3) is 0 Å². The number of pyridine rings is 1. The van der Waals surface area contributed by atoms with Crippen LogP contribution in [0.3, 0.4) is 0 Å². The number of anilines is 1. The summed E-state index contributed by atoms with van der Waals surface area (Å²) in [6, 6.07) is 10.7. The SMILES string of the molecule is O=C(CC1CCN(C2CC2)CC1)Nc1cccc2cccnc12. The number of nitrogens with one attached hydrogen (secondary N) is 1. The second-order valence-electron chi connectivity index (χ2n) is 6.84. The maximum Gasteiger partial charge on any atom is 0.224 e. The molecule has 2 aliphatic rings. The van der Waals surface area contributed by atoms with E-state index in [0.29, 0.717) is 12.3 Å². The van der Waals surface area contributed by atoms with Gasteiger partial charge in [-0.25, -0.2) is 0 Å². The molecular formula is C19H23N3O. The van der Waals surface area contributed by atoms with Gasteiger partial charge in [0.1, 0.15) is 0 Å². The standard InChI is InChI=1S/C19H23N3O/c23-18(13-14-8-11-22(12-9-14)16-6-7-16)21-17-5-1-3-15-4-2-10-20-19(15)17/h1-5,10,14,16H,6-9,11-13H2,(H,21,23). The number of benzene rings is 1. The fraction of sp³-hybridized carbons (Fsp3) is 0.474. The summed E-state index contributed by atoms with van der Waals surface area (Å²) < 4.78 is 0. The molecule has 4 nitrogen and oxygen atoms in total. The van der Waals surface area contributed by atoms with Gasteiger partial charge in [0.15, 0.2) is 0 Å². The van der Waals surface area contributed by atoms with E-state index >= 15 is 0 Å². The van der Waals surface area contributed by atoms with Crippen molar-refractivity contribution >= 4 is 22.5 Å². The summed E-state index contributed by atoms with van der Waals surface area (Å²) in [5, 5.41) is 4.12. The van der Waals surface area contributed by atoms with Crippen LogP contribution in [0.15, 0.2) is 36.5 Å². The van der Waals surface area contributed by atoms with E-state index in [9.17, 15) is 4.79 Å². The van der Waals surface area contributed by atoms with Crippen molar-refractivity contribution in [2.45, 2.75) is 38.1 Å². The first-order valence-electron chi connectivity index (χ1n) is 8.67. The number of rotatable bonds is 4. The summed E-state index contributed by atoms with van der Waals surface area (Å²) in [6.45, 7) is 2.33. The Morgan fingerprint density at radius 2 is 1.91 bits per heavy atom. The Hall–Kier alpha value is -1.94. The van der Waals surface area contributed by atoms with Gasteiger partial charge in [-0.05, 0) is 56.8 Å². The van der Waals surface area contributed by atoms with Crippen LogP contribution in [0.5, 0.6) is 0 Å². The van der Waals surface area contributed by atoms with Crippen molar-refractivity contribution in [3.8, 4) is 0 Å². The summed E-state index contributed by atoms with van der Waals surface area (Å²) in [7, 11) is 0. The minimum atomic E-state index is 0.119. The van der Waals surface area contributed by atoms with Gasteiger partial charge in [-0.15, -0.1) is 0 Å². The van der Waals surface area contributed by atoms with Gasteiger partial charge >= 0.3 is 0 Å². The molecule has 2 heterocycles. The second-order valence-corrected chi connectivity index (χ2v) is 6.84. The number of hydrogen-bond acceptors (Lipinski definition) is 3. The first-order chi connectivity index (χ1) is 11.3. The molecule has 1 aromatic heterocycles. The zero-order chi connectivity index (χ0) is 15.6. The Bertz CT molecular complexity index is 697. The highest BCUT2D eigenvalue weighted by molar-refractivity contribution is 6.00. The molecule has 0 atom stereocenters. The summed E-state index contributed by atoms with van der Waals surface area (Å²) in [5.41, 5.74) is 1.69. The zero-order valence-electron chi connectivity index (χ0n) is 13.4. The highest BCUT2D eigenvalue weighted by Gasteiger charge is 2.32. The van der Waals surface area contributed by atoms with E-state index in [0.717, 1.165) is 35.5 Å². The van der Waals surface area contributed by atoms with Crippen molar-refractivity contribution in [2.75, 3.05) is 18.4 Å². The van der Waals surface area contributed by atoms with Crippen molar-refractivity contribution in [1.82, 2.24) is 9.88 Å². The van der Waals surface area contributed by atoms with Crippen molar-refractivity contribution < 1.29 is 4.79 Å². The van der Waals surface area contributed by atoms with E-state index in [1.54, 1.807) is 6.20 Å². The molecule has 0 bridgehead atoms. The summed E-state index contributed by atoms with van der Waals surface area (Å²) >= 11 is 0. The van der Waals surface area contributed by atoms with Gasteiger partial charge in [0, 0.05) is 24.0 Å². The minimum Gasteiger partial charge on any atom is -0.324 e.